The normalized spacial score (nSPS) is 10.4. The van der Waals surface area contributed by atoms with Gasteiger partial charge in [-0.05, 0) is 29.0 Å². The van der Waals surface area contributed by atoms with Crippen LogP contribution >= 0.6 is 11.6 Å². The molecule has 2 heteroatoms. The number of hydrogen-bond acceptors (Lipinski definition) is 1. The van der Waals surface area contributed by atoms with E-state index in [2.05, 4.69) is 6.07 Å². The van der Waals surface area contributed by atoms with Gasteiger partial charge in [0.2, 0.25) is 0 Å². The van der Waals surface area contributed by atoms with Gasteiger partial charge < -0.3 is 5.11 Å². The lowest BCUT2D eigenvalue weighted by atomic mass is 10.0. The van der Waals surface area contributed by atoms with Crippen molar-refractivity contribution in [2.75, 3.05) is 0 Å². The summed E-state index contributed by atoms with van der Waals surface area (Å²) in [5.74, 6) is 0.301. The second-order valence-corrected chi connectivity index (χ2v) is 4.25. The van der Waals surface area contributed by atoms with Gasteiger partial charge in [0.25, 0.3) is 0 Å². The Balaban J connectivity index is 0.00000108. The lowest BCUT2D eigenvalue weighted by Crippen LogP contribution is -1.78. The first kappa shape index (κ1) is 11.7. The molecule has 0 radical (unpaired) electrons. The molecule has 0 aromatic heterocycles. The fourth-order valence-corrected chi connectivity index (χ4v) is 2.18. The molecule has 0 unspecified atom stereocenters. The Bertz CT molecular complexity index is 689. The van der Waals surface area contributed by atoms with Gasteiger partial charge >= 0.3 is 0 Å². The minimum Gasteiger partial charge on any atom is -0.507 e. The number of halogens is 1. The summed E-state index contributed by atoms with van der Waals surface area (Å²) < 4.78 is 0. The summed E-state index contributed by atoms with van der Waals surface area (Å²) in [7, 11) is 0. The molecular weight excluding hydrogens is 232 g/mol. The Morgan fingerprint density at radius 2 is 1.53 bits per heavy atom. The highest BCUT2D eigenvalue weighted by Crippen LogP contribution is 2.34. The van der Waals surface area contributed by atoms with Gasteiger partial charge in [0.1, 0.15) is 5.75 Å². The van der Waals surface area contributed by atoms with E-state index in [0.29, 0.717) is 10.8 Å². The van der Waals surface area contributed by atoms with Gasteiger partial charge in [0, 0.05) is 15.8 Å². The fourth-order valence-electron chi connectivity index (χ4n) is 2.01. The number of fused-ring (bicyclic) bond motifs is 2. The molecule has 0 amide bonds. The smallest absolute Gasteiger partial charge is 0.131 e. The van der Waals surface area contributed by atoms with E-state index < -0.39 is 0 Å². The Morgan fingerprint density at radius 1 is 0.824 bits per heavy atom. The predicted molar refractivity (Wildman–Crippen MR) is 74.9 cm³/mol. The fraction of sp³-hybridized carbons (Fsp3) is 0.0667. The summed E-state index contributed by atoms with van der Waals surface area (Å²) >= 11 is 5.93. The minimum atomic E-state index is 0. The Kier molecular flexibility index (Phi) is 2.95. The van der Waals surface area contributed by atoms with Crippen LogP contribution in [0, 0.1) is 0 Å². The number of aromatic hydroxyl groups is 1. The zero-order valence-corrected chi connectivity index (χ0v) is 9.20. The first-order chi connectivity index (χ1) is 7.75. The van der Waals surface area contributed by atoms with Crippen LogP contribution in [0.4, 0.5) is 0 Å². The van der Waals surface area contributed by atoms with E-state index in [1.54, 1.807) is 6.07 Å². The maximum Gasteiger partial charge on any atom is 0.131 e. The summed E-state index contributed by atoms with van der Waals surface area (Å²) in [5, 5.41) is 14.5. The van der Waals surface area contributed by atoms with E-state index in [0.717, 1.165) is 21.5 Å². The molecule has 0 bridgehead atoms. The van der Waals surface area contributed by atoms with Gasteiger partial charge in [-0.15, -0.1) is 0 Å². The molecule has 86 valence electrons. The molecule has 3 aromatic rings. The SMILES string of the molecule is C.Oc1c2ccccc2cc2ccc(Cl)cc12. The number of phenolic OH excluding ortho intramolecular Hbond substituents is 1. The number of rotatable bonds is 0. The van der Waals surface area contributed by atoms with Crippen molar-refractivity contribution in [3.8, 4) is 5.75 Å². The third-order valence-corrected chi connectivity index (χ3v) is 3.03. The predicted octanol–water partition coefficient (Wildman–Crippen LogP) is 4.99. The van der Waals surface area contributed by atoms with E-state index in [1.165, 1.54) is 0 Å². The molecule has 1 nitrogen and oxygen atoms in total. The van der Waals surface area contributed by atoms with Crippen molar-refractivity contribution >= 4 is 33.1 Å². The summed E-state index contributed by atoms with van der Waals surface area (Å²) in [5.41, 5.74) is 0. The maximum atomic E-state index is 10.2. The molecule has 0 heterocycles. The molecule has 0 aliphatic carbocycles. The second kappa shape index (κ2) is 4.27. The number of phenols is 1. The molecule has 0 atom stereocenters. The van der Waals surface area contributed by atoms with E-state index in [1.807, 2.05) is 36.4 Å². The highest BCUT2D eigenvalue weighted by atomic mass is 35.5. The molecule has 0 aliphatic rings. The molecule has 0 spiro atoms. The Labute approximate surface area is 105 Å². The first-order valence-corrected chi connectivity index (χ1v) is 5.43. The summed E-state index contributed by atoms with van der Waals surface area (Å²) in [6.07, 6.45) is 0. The molecule has 0 saturated carbocycles. The van der Waals surface area contributed by atoms with Crippen LogP contribution in [0.15, 0.2) is 48.5 Å². The topological polar surface area (TPSA) is 20.2 Å². The average Bonchev–Trinajstić information content (AvgIpc) is 2.31. The molecule has 0 aliphatic heterocycles. The van der Waals surface area contributed by atoms with Crippen molar-refractivity contribution in [2.45, 2.75) is 7.43 Å². The van der Waals surface area contributed by atoms with Gasteiger partial charge in [0.15, 0.2) is 0 Å². The van der Waals surface area contributed by atoms with Gasteiger partial charge in [-0.1, -0.05) is 49.4 Å². The van der Waals surface area contributed by atoms with Gasteiger partial charge in [-0.3, -0.25) is 0 Å². The molecule has 0 fully saturated rings. The second-order valence-electron chi connectivity index (χ2n) is 3.81. The van der Waals surface area contributed by atoms with Crippen LogP contribution in [0.5, 0.6) is 5.75 Å². The van der Waals surface area contributed by atoms with Crippen LogP contribution in [-0.2, 0) is 0 Å². The number of hydrogen-bond donors (Lipinski definition) is 1. The Hall–Kier alpha value is -1.73. The van der Waals surface area contributed by atoms with Crippen LogP contribution in [0.1, 0.15) is 7.43 Å². The molecule has 1 N–H and O–H groups in total. The highest BCUT2D eigenvalue weighted by Gasteiger charge is 2.05. The highest BCUT2D eigenvalue weighted by molar-refractivity contribution is 6.31. The zero-order valence-electron chi connectivity index (χ0n) is 8.44. The van der Waals surface area contributed by atoms with Crippen LogP contribution in [0.3, 0.4) is 0 Å². The largest absolute Gasteiger partial charge is 0.507 e. The van der Waals surface area contributed by atoms with Gasteiger partial charge in [0.05, 0.1) is 0 Å². The zero-order chi connectivity index (χ0) is 11.1. The van der Waals surface area contributed by atoms with E-state index in [4.69, 9.17) is 11.6 Å². The average molecular weight is 245 g/mol. The third-order valence-electron chi connectivity index (χ3n) is 2.80. The van der Waals surface area contributed by atoms with E-state index in [9.17, 15) is 5.11 Å². The summed E-state index contributed by atoms with van der Waals surface area (Å²) in [6, 6.07) is 15.4. The summed E-state index contributed by atoms with van der Waals surface area (Å²) in [4.78, 5) is 0. The van der Waals surface area contributed by atoms with Crippen LogP contribution in [0.25, 0.3) is 21.5 Å². The van der Waals surface area contributed by atoms with Gasteiger partial charge in [-0.25, -0.2) is 0 Å². The van der Waals surface area contributed by atoms with Crippen molar-refractivity contribution < 1.29 is 5.11 Å². The van der Waals surface area contributed by atoms with E-state index >= 15 is 0 Å². The van der Waals surface area contributed by atoms with Gasteiger partial charge in [-0.2, -0.15) is 0 Å². The van der Waals surface area contributed by atoms with Crippen molar-refractivity contribution in [1.29, 1.82) is 0 Å². The quantitative estimate of drug-likeness (QED) is 0.553. The van der Waals surface area contributed by atoms with Crippen molar-refractivity contribution in [1.82, 2.24) is 0 Å². The van der Waals surface area contributed by atoms with Crippen molar-refractivity contribution in [2.24, 2.45) is 0 Å². The number of benzene rings is 3. The molecule has 3 aromatic carbocycles. The monoisotopic (exact) mass is 244 g/mol. The first-order valence-electron chi connectivity index (χ1n) is 5.06. The molecular formula is C15H13ClO. The van der Waals surface area contributed by atoms with Crippen LogP contribution in [-0.4, -0.2) is 5.11 Å². The van der Waals surface area contributed by atoms with Crippen LogP contribution in [0.2, 0.25) is 5.02 Å². The van der Waals surface area contributed by atoms with Crippen LogP contribution < -0.4 is 0 Å². The molecule has 17 heavy (non-hydrogen) atoms. The lowest BCUT2D eigenvalue weighted by molar-refractivity contribution is 0.488. The van der Waals surface area contributed by atoms with Crippen molar-refractivity contribution in [3.05, 3.63) is 53.6 Å². The van der Waals surface area contributed by atoms with E-state index in [-0.39, 0.29) is 7.43 Å². The lowest BCUT2D eigenvalue weighted by Gasteiger charge is -2.06. The molecule has 0 saturated heterocycles. The standard InChI is InChI=1S/C14H9ClO.CH4/c15-11-6-5-10-7-9-3-1-2-4-12(9)14(16)13(10)8-11;/h1-8,16H;1H4. The summed E-state index contributed by atoms with van der Waals surface area (Å²) in [6.45, 7) is 0. The third kappa shape index (κ3) is 1.83. The maximum absolute atomic E-state index is 10.2. The molecule has 3 rings (SSSR count). The van der Waals surface area contributed by atoms with Crippen molar-refractivity contribution in [3.63, 3.8) is 0 Å². The Morgan fingerprint density at radius 3 is 2.35 bits per heavy atom. The minimum absolute atomic E-state index is 0.